The number of carbonyl (C=O) groups excluding carboxylic acids is 1. The summed E-state index contributed by atoms with van der Waals surface area (Å²) in [5.41, 5.74) is 0. The number of hydrogen-bond donors (Lipinski definition) is 0. The standard InChI is InChI=1S/C9H15NO2/c1-4-9(11)10-5-8(6-10)12-7(2)3/h4,7-8H,1,5-6H2,2-3H3. The SMILES string of the molecule is C=CC(=O)N1CC(OC(C)C)C1. The van der Waals surface area contributed by atoms with Gasteiger partial charge >= 0.3 is 0 Å². The Bertz CT molecular complexity index is 183. The first kappa shape index (κ1) is 9.26. The van der Waals surface area contributed by atoms with Crippen LogP contribution in [0.2, 0.25) is 0 Å². The third kappa shape index (κ3) is 2.08. The normalized spacial score (nSPS) is 17.8. The minimum absolute atomic E-state index is 0.00129. The summed E-state index contributed by atoms with van der Waals surface area (Å²) in [7, 11) is 0. The highest BCUT2D eigenvalue weighted by molar-refractivity contribution is 5.87. The second-order valence-electron chi connectivity index (χ2n) is 3.25. The van der Waals surface area contributed by atoms with Crippen molar-refractivity contribution in [1.29, 1.82) is 0 Å². The van der Waals surface area contributed by atoms with E-state index in [1.54, 1.807) is 4.90 Å². The monoisotopic (exact) mass is 169 g/mol. The lowest BCUT2D eigenvalue weighted by Crippen LogP contribution is -2.54. The molecular weight excluding hydrogens is 154 g/mol. The van der Waals surface area contributed by atoms with Gasteiger partial charge in [-0.2, -0.15) is 0 Å². The van der Waals surface area contributed by atoms with E-state index in [9.17, 15) is 4.79 Å². The lowest BCUT2D eigenvalue weighted by atomic mass is 10.1. The van der Waals surface area contributed by atoms with Crippen LogP contribution in [-0.4, -0.2) is 36.1 Å². The second kappa shape index (κ2) is 3.72. The van der Waals surface area contributed by atoms with Gasteiger partial charge in [0, 0.05) is 13.1 Å². The zero-order valence-corrected chi connectivity index (χ0v) is 7.62. The van der Waals surface area contributed by atoms with E-state index in [1.807, 2.05) is 13.8 Å². The molecular formula is C9H15NO2. The molecule has 0 atom stereocenters. The minimum atomic E-state index is -0.00129. The predicted molar refractivity (Wildman–Crippen MR) is 46.8 cm³/mol. The number of likely N-dealkylation sites (tertiary alicyclic amines) is 1. The Balaban J connectivity index is 2.19. The predicted octanol–water partition coefficient (Wildman–Crippen LogP) is 0.808. The molecule has 1 aliphatic heterocycles. The molecule has 0 radical (unpaired) electrons. The van der Waals surface area contributed by atoms with Gasteiger partial charge in [0.05, 0.1) is 12.2 Å². The molecule has 12 heavy (non-hydrogen) atoms. The first-order chi connectivity index (χ1) is 5.63. The minimum Gasteiger partial charge on any atom is -0.372 e. The van der Waals surface area contributed by atoms with Crippen molar-refractivity contribution >= 4 is 5.91 Å². The van der Waals surface area contributed by atoms with Gasteiger partial charge < -0.3 is 9.64 Å². The Labute approximate surface area is 73.0 Å². The van der Waals surface area contributed by atoms with Gasteiger partial charge in [-0.15, -0.1) is 0 Å². The summed E-state index contributed by atoms with van der Waals surface area (Å²) < 4.78 is 5.48. The quantitative estimate of drug-likeness (QED) is 0.585. The Morgan fingerprint density at radius 3 is 2.67 bits per heavy atom. The van der Waals surface area contributed by atoms with E-state index in [1.165, 1.54) is 6.08 Å². The first-order valence-electron chi connectivity index (χ1n) is 4.20. The summed E-state index contributed by atoms with van der Waals surface area (Å²) in [5, 5.41) is 0. The Morgan fingerprint density at radius 1 is 1.67 bits per heavy atom. The third-order valence-electron chi connectivity index (χ3n) is 1.80. The van der Waals surface area contributed by atoms with Crippen molar-refractivity contribution in [2.75, 3.05) is 13.1 Å². The van der Waals surface area contributed by atoms with Crippen molar-refractivity contribution in [2.24, 2.45) is 0 Å². The van der Waals surface area contributed by atoms with E-state index in [4.69, 9.17) is 4.74 Å². The van der Waals surface area contributed by atoms with Crippen molar-refractivity contribution in [3.63, 3.8) is 0 Å². The van der Waals surface area contributed by atoms with Crippen molar-refractivity contribution < 1.29 is 9.53 Å². The van der Waals surface area contributed by atoms with Gasteiger partial charge in [-0.05, 0) is 19.9 Å². The topological polar surface area (TPSA) is 29.5 Å². The van der Waals surface area contributed by atoms with Crippen LogP contribution in [0, 0.1) is 0 Å². The average Bonchev–Trinajstić information content (AvgIpc) is 1.94. The number of amides is 1. The molecule has 0 aromatic heterocycles. The lowest BCUT2D eigenvalue weighted by Gasteiger charge is -2.39. The molecule has 1 heterocycles. The molecule has 0 aromatic carbocycles. The van der Waals surface area contributed by atoms with Crippen LogP contribution in [0.25, 0.3) is 0 Å². The summed E-state index contributed by atoms with van der Waals surface area (Å²) in [5.74, 6) is -0.00129. The molecule has 0 saturated carbocycles. The maximum absolute atomic E-state index is 11.0. The van der Waals surface area contributed by atoms with Crippen molar-refractivity contribution in [1.82, 2.24) is 4.90 Å². The number of rotatable bonds is 3. The fourth-order valence-electron chi connectivity index (χ4n) is 1.22. The second-order valence-corrected chi connectivity index (χ2v) is 3.25. The van der Waals surface area contributed by atoms with Crippen LogP contribution in [0.3, 0.4) is 0 Å². The van der Waals surface area contributed by atoms with Gasteiger partial charge in [-0.1, -0.05) is 6.58 Å². The molecule has 3 heteroatoms. The third-order valence-corrected chi connectivity index (χ3v) is 1.80. The molecule has 0 bridgehead atoms. The van der Waals surface area contributed by atoms with Crippen LogP contribution < -0.4 is 0 Å². The van der Waals surface area contributed by atoms with Crippen LogP contribution in [-0.2, 0) is 9.53 Å². The average molecular weight is 169 g/mol. The van der Waals surface area contributed by atoms with Gasteiger partial charge in [-0.25, -0.2) is 0 Å². The molecule has 0 aromatic rings. The van der Waals surface area contributed by atoms with Gasteiger partial charge in [0.25, 0.3) is 0 Å². The van der Waals surface area contributed by atoms with Crippen molar-refractivity contribution in [3.05, 3.63) is 12.7 Å². The molecule has 0 N–H and O–H groups in total. The molecule has 1 amide bonds. The van der Waals surface area contributed by atoms with E-state index in [2.05, 4.69) is 6.58 Å². The van der Waals surface area contributed by atoms with Gasteiger partial charge in [0.1, 0.15) is 0 Å². The summed E-state index contributed by atoms with van der Waals surface area (Å²) in [6.45, 7) is 8.84. The van der Waals surface area contributed by atoms with Crippen LogP contribution in [0.4, 0.5) is 0 Å². The number of nitrogens with zero attached hydrogens (tertiary/aromatic N) is 1. The maximum Gasteiger partial charge on any atom is 0.246 e. The Hall–Kier alpha value is -0.830. The van der Waals surface area contributed by atoms with Crippen LogP contribution in [0.5, 0.6) is 0 Å². The molecule has 0 spiro atoms. The molecule has 68 valence electrons. The molecule has 3 nitrogen and oxygen atoms in total. The van der Waals surface area contributed by atoms with E-state index >= 15 is 0 Å². The van der Waals surface area contributed by atoms with E-state index < -0.39 is 0 Å². The number of hydrogen-bond acceptors (Lipinski definition) is 2. The molecule has 0 aliphatic carbocycles. The summed E-state index contributed by atoms with van der Waals surface area (Å²) in [4.78, 5) is 12.7. The Morgan fingerprint density at radius 2 is 2.25 bits per heavy atom. The van der Waals surface area contributed by atoms with Gasteiger partial charge in [0.15, 0.2) is 0 Å². The Kier molecular flexibility index (Phi) is 2.87. The zero-order valence-electron chi connectivity index (χ0n) is 7.62. The van der Waals surface area contributed by atoms with E-state index in [0.717, 1.165) is 0 Å². The summed E-state index contributed by atoms with van der Waals surface area (Å²) in [6.07, 6.45) is 1.82. The number of ether oxygens (including phenoxy) is 1. The highest BCUT2D eigenvalue weighted by Crippen LogP contribution is 2.13. The molecule has 1 fully saturated rings. The molecule has 0 unspecified atom stereocenters. The largest absolute Gasteiger partial charge is 0.372 e. The summed E-state index contributed by atoms with van der Waals surface area (Å²) >= 11 is 0. The smallest absolute Gasteiger partial charge is 0.246 e. The van der Waals surface area contributed by atoms with E-state index in [0.29, 0.717) is 13.1 Å². The molecule has 1 aliphatic rings. The highest BCUT2D eigenvalue weighted by Gasteiger charge is 2.30. The first-order valence-corrected chi connectivity index (χ1v) is 4.20. The van der Waals surface area contributed by atoms with Crippen LogP contribution in [0.15, 0.2) is 12.7 Å². The fraction of sp³-hybridized carbons (Fsp3) is 0.667. The maximum atomic E-state index is 11.0. The van der Waals surface area contributed by atoms with Gasteiger partial charge in [-0.3, -0.25) is 4.79 Å². The van der Waals surface area contributed by atoms with E-state index in [-0.39, 0.29) is 18.1 Å². The van der Waals surface area contributed by atoms with Gasteiger partial charge in [0.2, 0.25) is 5.91 Å². The lowest BCUT2D eigenvalue weighted by molar-refractivity contribution is -0.142. The van der Waals surface area contributed by atoms with Crippen LogP contribution in [0.1, 0.15) is 13.8 Å². The van der Waals surface area contributed by atoms with Crippen molar-refractivity contribution in [3.8, 4) is 0 Å². The van der Waals surface area contributed by atoms with Crippen LogP contribution >= 0.6 is 0 Å². The highest BCUT2D eigenvalue weighted by atomic mass is 16.5. The molecule has 1 rings (SSSR count). The molecule has 1 saturated heterocycles. The fourth-order valence-corrected chi connectivity index (χ4v) is 1.22. The van der Waals surface area contributed by atoms with Crippen molar-refractivity contribution in [2.45, 2.75) is 26.1 Å². The number of carbonyl (C=O) groups is 1. The summed E-state index contributed by atoms with van der Waals surface area (Å²) in [6, 6.07) is 0. The zero-order chi connectivity index (χ0) is 9.14.